The Labute approximate surface area is 99.5 Å². The summed E-state index contributed by atoms with van der Waals surface area (Å²) in [6.45, 7) is 1.82. The second kappa shape index (κ2) is 4.64. The molecule has 0 fully saturated rings. The lowest BCUT2D eigenvalue weighted by molar-refractivity contribution is 0.102. The van der Waals surface area contributed by atoms with Gasteiger partial charge in [0.05, 0.1) is 6.04 Å². The molecule has 0 saturated heterocycles. The molecule has 84 valence electrons. The molecule has 0 saturated carbocycles. The predicted molar refractivity (Wildman–Crippen MR) is 62.6 cm³/mol. The number of hydrogen-bond acceptors (Lipinski definition) is 7. The van der Waals surface area contributed by atoms with E-state index in [-0.39, 0.29) is 11.9 Å². The lowest BCUT2D eigenvalue weighted by atomic mass is 10.4. The van der Waals surface area contributed by atoms with Crippen molar-refractivity contribution in [2.24, 2.45) is 5.73 Å². The molecule has 2 aromatic heterocycles. The zero-order valence-corrected chi connectivity index (χ0v) is 10.0. The van der Waals surface area contributed by atoms with Crippen molar-refractivity contribution in [3.05, 3.63) is 21.6 Å². The summed E-state index contributed by atoms with van der Waals surface area (Å²) in [4.78, 5) is 15.8. The minimum absolute atomic E-state index is 0.159. The van der Waals surface area contributed by atoms with E-state index in [1.165, 1.54) is 22.7 Å². The molecule has 6 nitrogen and oxygen atoms in total. The van der Waals surface area contributed by atoms with Gasteiger partial charge in [0.15, 0.2) is 0 Å². The zero-order chi connectivity index (χ0) is 11.5. The van der Waals surface area contributed by atoms with Crippen molar-refractivity contribution in [3.63, 3.8) is 0 Å². The second-order valence-corrected chi connectivity index (χ2v) is 4.78. The Kier molecular flexibility index (Phi) is 3.22. The summed E-state index contributed by atoms with van der Waals surface area (Å²) in [5.74, 6) is -0.292. The first-order valence-electron chi connectivity index (χ1n) is 4.45. The molecule has 1 unspecified atom stereocenters. The molecule has 0 aliphatic heterocycles. The summed E-state index contributed by atoms with van der Waals surface area (Å²) < 4.78 is 0. The highest BCUT2D eigenvalue weighted by atomic mass is 32.1. The van der Waals surface area contributed by atoms with Crippen LogP contribution in [0.2, 0.25) is 0 Å². The number of thiazole rings is 1. The molecular weight excluding hydrogens is 246 g/mol. The van der Waals surface area contributed by atoms with Crippen LogP contribution in [0.3, 0.4) is 0 Å². The van der Waals surface area contributed by atoms with Crippen LogP contribution in [0.25, 0.3) is 0 Å². The average molecular weight is 255 g/mol. The lowest BCUT2D eigenvalue weighted by Gasteiger charge is -1.98. The fourth-order valence-electron chi connectivity index (χ4n) is 0.990. The van der Waals surface area contributed by atoms with Crippen molar-refractivity contribution < 1.29 is 4.79 Å². The number of nitrogens with two attached hydrogens (primary N) is 1. The molecule has 8 heteroatoms. The van der Waals surface area contributed by atoms with E-state index in [1.54, 1.807) is 10.9 Å². The highest BCUT2D eigenvalue weighted by Gasteiger charge is 2.13. The van der Waals surface area contributed by atoms with E-state index in [4.69, 9.17) is 5.73 Å². The largest absolute Gasteiger partial charge is 0.322 e. The Morgan fingerprint density at radius 3 is 2.94 bits per heavy atom. The minimum atomic E-state index is -0.292. The topological polar surface area (TPSA) is 93.8 Å². The Morgan fingerprint density at radius 2 is 2.38 bits per heavy atom. The fraction of sp³-hybridized carbons (Fsp3) is 0.250. The number of anilines is 1. The van der Waals surface area contributed by atoms with Gasteiger partial charge in [0, 0.05) is 5.38 Å². The van der Waals surface area contributed by atoms with Gasteiger partial charge in [-0.3, -0.25) is 10.1 Å². The van der Waals surface area contributed by atoms with Crippen molar-refractivity contribution in [1.29, 1.82) is 0 Å². The highest BCUT2D eigenvalue weighted by Crippen LogP contribution is 2.17. The van der Waals surface area contributed by atoms with E-state index in [0.29, 0.717) is 10.8 Å². The van der Waals surface area contributed by atoms with E-state index < -0.39 is 0 Å². The maximum Gasteiger partial charge on any atom is 0.276 e. The second-order valence-electron chi connectivity index (χ2n) is 3.06. The number of carbonyl (C=O) groups excluding carboxylic acids is 1. The van der Waals surface area contributed by atoms with Crippen LogP contribution in [0.5, 0.6) is 0 Å². The smallest absolute Gasteiger partial charge is 0.276 e. The number of aromatic nitrogens is 3. The molecule has 2 aromatic rings. The highest BCUT2D eigenvalue weighted by molar-refractivity contribution is 7.13. The maximum absolute atomic E-state index is 11.7. The van der Waals surface area contributed by atoms with Crippen molar-refractivity contribution in [2.75, 3.05) is 5.32 Å². The summed E-state index contributed by atoms with van der Waals surface area (Å²) in [7, 11) is 0. The van der Waals surface area contributed by atoms with Crippen LogP contribution >= 0.6 is 22.7 Å². The van der Waals surface area contributed by atoms with Gasteiger partial charge in [-0.05, 0) is 6.92 Å². The summed E-state index contributed by atoms with van der Waals surface area (Å²) in [6, 6.07) is -0.159. The molecule has 1 amide bonds. The lowest BCUT2D eigenvalue weighted by Crippen LogP contribution is -2.13. The van der Waals surface area contributed by atoms with Crippen LogP contribution in [0.15, 0.2) is 10.9 Å². The Morgan fingerprint density at radius 1 is 1.56 bits per heavy atom. The van der Waals surface area contributed by atoms with E-state index >= 15 is 0 Å². The molecule has 0 spiro atoms. The van der Waals surface area contributed by atoms with Crippen LogP contribution in [-0.4, -0.2) is 21.1 Å². The van der Waals surface area contributed by atoms with Crippen LogP contribution < -0.4 is 11.1 Å². The van der Waals surface area contributed by atoms with E-state index in [2.05, 4.69) is 20.5 Å². The van der Waals surface area contributed by atoms with Gasteiger partial charge in [0.1, 0.15) is 16.2 Å². The van der Waals surface area contributed by atoms with Crippen molar-refractivity contribution in [2.45, 2.75) is 13.0 Å². The number of rotatable bonds is 3. The number of amides is 1. The predicted octanol–water partition coefficient (Wildman–Crippen LogP) is 1.27. The summed E-state index contributed by atoms with van der Waals surface area (Å²) in [5.41, 5.74) is 7.56. The molecule has 0 aliphatic carbocycles. The van der Waals surface area contributed by atoms with Crippen LogP contribution in [0.1, 0.15) is 28.5 Å². The Bertz CT molecular complexity index is 478. The Balaban J connectivity index is 2.09. The summed E-state index contributed by atoms with van der Waals surface area (Å²) in [5, 5.41) is 12.8. The first-order valence-corrected chi connectivity index (χ1v) is 6.21. The Hall–Kier alpha value is -1.38. The van der Waals surface area contributed by atoms with Gasteiger partial charge in [-0.25, -0.2) is 4.98 Å². The maximum atomic E-state index is 11.7. The SMILES string of the molecule is CC(N)c1nc(C(=O)Nc2nncs2)cs1. The van der Waals surface area contributed by atoms with Crippen LogP contribution in [-0.2, 0) is 0 Å². The first kappa shape index (κ1) is 11.1. The van der Waals surface area contributed by atoms with Gasteiger partial charge >= 0.3 is 0 Å². The van der Waals surface area contributed by atoms with Crippen molar-refractivity contribution in [3.8, 4) is 0 Å². The van der Waals surface area contributed by atoms with Gasteiger partial charge in [-0.1, -0.05) is 11.3 Å². The number of nitrogens with one attached hydrogen (secondary N) is 1. The molecule has 0 bridgehead atoms. The van der Waals surface area contributed by atoms with Crippen molar-refractivity contribution >= 4 is 33.7 Å². The molecule has 2 heterocycles. The number of hydrogen-bond donors (Lipinski definition) is 2. The first-order chi connectivity index (χ1) is 7.66. The van der Waals surface area contributed by atoms with Gasteiger partial charge in [0.2, 0.25) is 5.13 Å². The van der Waals surface area contributed by atoms with Crippen LogP contribution in [0, 0.1) is 0 Å². The average Bonchev–Trinajstić information content (AvgIpc) is 2.86. The van der Waals surface area contributed by atoms with Gasteiger partial charge in [0.25, 0.3) is 5.91 Å². The van der Waals surface area contributed by atoms with Crippen LogP contribution in [0.4, 0.5) is 5.13 Å². The third-order valence-corrected chi connectivity index (χ3v) is 3.38. The molecule has 0 aromatic carbocycles. The monoisotopic (exact) mass is 255 g/mol. The fourth-order valence-corrected chi connectivity index (χ4v) is 2.19. The summed E-state index contributed by atoms with van der Waals surface area (Å²) >= 11 is 2.62. The molecule has 1 atom stereocenters. The number of nitrogens with zero attached hydrogens (tertiary/aromatic N) is 3. The standard InChI is InChI=1S/C8H9N5OS2/c1-4(9)7-11-5(2-15-7)6(14)12-8-13-10-3-16-8/h2-4H,9H2,1H3,(H,12,13,14). The molecular formula is C8H9N5OS2. The van der Waals surface area contributed by atoms with Gasteiger partial charge in [-0.15, -0.1) is 21.5 Å². The van der Waals surface area contributed by atoms with E-state index in [9.17, 15) is 4.79 Å². The van der Waals surface area contributed by atoms with Gasteiger partial charge < -0.3 is 5.73 Å². The molecule has 2 rings (SSSR count). The van der Waals surface area contributed by atoms with E-state index in [0.717, 1.165) is 5.01 Å². The molecule has 0 aliphatic rings. The van der Waals surface area contributed by atoms with Gasteiger partial charge in [-0.2, -0.15) is 0 Å². The molecule has 3 N–H and O–H groups in total. The zero-order valence-electron chi connectivity index (χ0n) is 8.38. The van der Waals surface area contributed by atoms with E-state index in [1.807, 2.05) is 6.92 Å². The summed E-state index contributed by atoms with van der Waals surface area (Å²) in [6.07, 6.45) is 0. The number of carbonyl (C=O) groups is 1. The third kappa shape index (κ3) is 2.40. The molecule has 0 radical (unpaired) electrons. The van der Waals surface area contributed by atoms with Crippen molar-refractivity contribution in [1.82, 2.24) is 15.2 Å². The molecule has 16 heavy (non-hydrogen) atoms. The normalized spacial score (nSPS) is 12.4. The third-order valence-electron chi connectivity index (χ3n) is 1.72. The minimum Gasteiger partial charge on any atom is -0.322 e. The quantitative estimate of drug-likeness (QED) is 0.861.